The molecule has 6 heteroatoms. The summed E-state index contributed by atoms with van der Waals surface area (Å²) in [5, 5.41) is 2.69. The number of pyridine rings is 1. The van der Waals surface area contributed by atoms with Gasteiger partial charge in [-0.2, -0.15) is 0 Å². The van der Waals surface area contributed by atoms with Gasteiger partial charge in [0.2, 0.25) is 5.88 Å². The van der Waals surface area contributed by atoms with Crippen molar-refractivity contribution in [3.63, 3.8) is 0 Å². The number of hydrogen-bond acceptors (Lipinski definition) is 4. The molecule has 106 valence electrons. The molecule has 0 saturated heterocycles. The van der Waals surface area contributed by atoms with E-state index in [-0.39, 0.29) is 0 Å². The molecule has 1 aromatic rings. The minimum Gasteiger partial charge on any atom is -0.481 e. The van der Waals surface area contributed by atoms with Crippen molar-refractivity contribution in [2.45, 2.75) is 32.8 Å². The average molecular weight is 331 g/mol. The molecule has 0 aliphatic rings. The molecule has 0 radical (unpaired) electrons. The summed E-state index contributed by atoms with van der Waals surface area (Å²) < 4.78 is 11.1. The van der Waals surface area contributed by atoms with Gasteiger partial charge in [-0.25, -0.2) is 9.78 Å². The summed E-state index contributed by atoms with van der Waals surface area (Å²) in [5.41, 5.74) is 0.342. The molecule has 0 aliphatic carbocycles. The molecule has 0 unspecified atom stereocenters. The van der Waals surface area contributed by atoms with Gasteiger partial charge in [0.15, 0.2) is 0 Å². The molecule has 0 saturated carbocycles. The van der Waals surface area contributed by atoms with Crippen LogP contribution < -0.4 is 10.1 Å². The molecular weight excluding hydrogens is 312 g/mol. The summed E-state index contributed by atoms with van der Waals surface area (Å²) in [7, 11) is 1.57. The average Bonchev–Trinajstić information content (AvgIpc) is 2.29. The lowest BCUT2D eigenvalue weighted by Crippen LogP contribution is -2.33. The van der Waals surface area contributed by atoms with Gasteiger partial charge in [-0.1, -0.05) is 0 Å². The van der Waals surface area contributed by atoms with Crippen LogP contribution >= 0.6 is 15.9 Å². The van der Waals surface area contributed by atoms with E-state index in [2.05, 4.69) is 26.2 Å². The SMILES string of the molecule is COc1ccc(Br)c(CCNC(=O)OC(C)(C)C)n1. The van der Waals surface area contributed by atoms with Crippen LogP contribution in [0.2, 0.25) is 0 Å². The fourth-order valence-electron chi connectivity index (χ4n) is 1.35. The van der Waals surface area contributed by atoms with Crippen LogP contribution in [0.4, 0.5) is 4.79 Å². The minimum absolute atomic E-state index is 0.425. The Bertz CT molecular complexity index is 444. The molecule has 1 amide bonds. The van der Waals surface area contributed by atoms with Crippen molar-refractivity contribution in [1.29, 1.82) is 0 Å². The number of nitrogens with zero attached hydrogens (tertiary/aromatic N) is 1. The second-order valence-electron chi connectivity index (χ2n) is 4.96. The Morgan fingerprint density at radius 1 is 1.42 bits per heavy atom. The van der Waals surface area contributed by atoms with Crippen LogP contribution in [0, 0.1) is 0 Å². The highest BCUT2D eigenvalue weighted by atomic mass is 79.9. The number of methoxy groups -OCH3 is 1. The first-order valence-corrected chi connectivity index (χ1v) is 6.77. The molecule has 0 bridgehead atoms. The standard InChI is InChI=1S/C13H19BrN2O3/c1-13(2,3)19-12(17)15-8-7-10-9(14)5-6-11(16-10)18-4/h5-6H,7-8H2,1-4H3,(H,15,17). The number of ether oxygens (including phenoxy) is 2. The van der Waals surface area contributed by atoms with Crippen molar-refractivity contribution in [2.24, 2.45) is 0 Å². The van der Waals surface area contributed by atoms with E-state index in [1.165, 1.54) is 0 Å². The monoisotopic (exact) mass is 330 g/mol. The number of aromatic nitrogens is 1. The van der Waals surface area contributed by atoms with E-state index in [9.17, 15) is 4.79 Å². The summed E-state index contributed by atoms with van der Waals surface area (Å²) in [6.45, 7) is 5.93. The van der Waals surface area contributed by atoms with E-state index in [1.807, 2.05) is 26.8 Å². The highest BCUT2D eigenvalue weighted by Crippen LogP contribution is 2.18. The molecule has 1 rings (SSSR count). The van der Waals surface area contributed by atoms with E-state index in [1.54, 1.807) is 13.2 Å². The van der Waals surface area contributed by atoms with Gasteiger partial charge >= 0.3 is 6.09 Å². The maximum atomic E-state index is 11.5. The van der Waals surface area contributed by atoms with Crippen LogP contribution in [-0.4, -0.2) is 30.3 Å². The zero-order valence-corrected chi connectivity index (χ0v) is 13.2. The Labute approximate surface area is 121 Å². The largest absolute Gasteiger partial charge is 0.481 e. The van der Waals surface area contributed by atoms with Crippen LogP contribution in [0.25, 0.3) is 0 Å². The topological polar surface area (TPSA) is 60.5 Å². The lowest BCUT2D eigenvalue weighted by atomic mass is 10.2. The normalized spacial score (nSPS) is 11.0. The zero-order valence-electron chi connectivity index (χ0n) is 11.6. The fraction of sp³-hybridized carbons (Fsp3) is 0.538. The van der Waals surface area contributed by atoms with E-state index >= 15 is 0 Å². The Hall–Kier alpha value is -1.30. The minimum atomic E-state index is -0.487. The number of alkyl carbamates (subject to hydrolysis) is 1. The predicted molar refractivity (Wildman–Crippen MR) is 76.4 cm³/mol. The number of nitrogens with one attached hydrogen (secondary N) is 1. The number of hydrogen-bond donors (Lipinski definition) is 1. The Balaban J connectivity index is 2.47. The van der Waals surface area contributed by atoms with Gasteiger partial charge in [0, 0.05) is 23.5 Å². The first-order chi connectivity index (χ1) is 8.81. The van der Waals surface area contributed by atoms with Crippen LogP contribution in [0.5, 0.6) is 5.88 Å². The maximum absolute atomic E-state index is 11.5. The molecular formula is C13H19BrN2O3. The predicted octanol–water partition coefficient (Wildman–Crippen LogP) is 2.92. The molecule has 1 aromatic heterocycles. The van der Waals surface area contributed by atoms with Gasteiger partial charge in [-0.05, 0) is 42.8 Å². The van der Waals surface area contributed by atoms with Crippen LogP contribution in [-0.2, 0) is 11.2 Å². The smallest absolute Gasteiger partial charge is 0.407 e. The molecule has 1 heterocycles. The number of amides is 1. The number of carbonyl (C=O) groups excluding carboxylic acids is 1. The van der Waals surface area contributed by atoms with Crippen LogP contribution in [0.1, 0.15) is 26.5 Å². The second kappa shape index (κ2) is 6.75. The third-order valence-corrected chi connectivity index (χ3v) is 2.85. The lowest BCUT2D eigenvalue weighted by Gasteiger charge is -2.19. The third kappa shape index (κ3) is 5.92. The maximum Gasteiger partial charge on any atom is 0.407 e. The number of rotatable bonds is 4. The van der Waals surface area contributed by atoms with Crippen molar-refractivity contribution < 1.29 is 14.3 Å². The molecule has 0 spiro atoms. The number of carbonyl (C=O) groups is 1. The molecule has 0 aliphatic heterocycles. The van der Waals surface area contributed by atoms with E-state index in [0.717, 1.165) is 10.2 Å². The molecule has 5 nitrogen and oxygen atoms in total. The first-order valence-electron chi connectivity index (χ1n) is 5.98. The third-order valence-electron chi connectivity index (χ3n) is 2.13. The van der Waals surface area contributed by atoms with Crippen LogP contribution in [0.15, 0.2) is 16.6 Å². The molecule has 0 aromatic carbocycles. The molecule has 19 heavy (non-hydrogen) atoms. The quantitative estimate of drug-likeness (QED) is 0.922. The second-order valence-corrected chi connectivity index (χ2v) is 5.82. The Kier molecular flexibility index (Phi) is 5.60. The summed E-state index contributed by atoms with van der Waals surface area (Å²) >= 11 is 3.41. The van der Waals surface area contributed by atoms with E-state index < -0.39 is 11.7 Å². The van der Waals surface area contributed by atoms with Crippen molar-refractivity contribution in [2.75, 3.05) is 13.7 Å². The highest BCUT2D eigenvalue weighted by molar-refractivity contribution is 9.10. The van der Waals surface area contributed by atoms with Gasteiger partial charge in [0.25, 0.3) is 0 Å². The summed E-state index contributed by atoms with van der Waals surface area (Å²) in [4.78, 5) is 15.8. The molecule has 0 fully saturated rings. The van der Waals surface area contributed by atoms with Crippen molar-refractivity contribution >= 4 is 22.0 Å². The van der Waals surface area contributed by atoms with Gasteiger partial charge in [0.1, 0.15) is 5.60 Å². The summed E-state index contributed by atoms with van der Waals surface area (Å²) in [5.74, 6) is 0.551. The van der Waals surface area contributed by atoms with Gasteiger partial charge in [-0.3, -0.25) is 0 Å². The van der Waals surface area contributed by atoms with E-state index in [4.69, 9.17) is 9.47 Å². The van der Waals surface area contributed by atoms with Crippen molar-refractivity contribution in [1.82, 2.24) is 10.3 Å². The summed E-state index contributed by atoms with van der Waals surface area (Å²) in [6, 6.07) is 3.64. The fourth-order valence-corrected chi connectivity index (χ4v) is 1.77. The summed E-state index contributed by atoms with van der Waals surface area (Å²) in [6.07, 6.45) is 0.170. The van der Waals surface area contributed by atoms with Crippen molar-refractivity contribution in [3.05, 3.63) is 22.3 Å². The van der Waals surface area contributed by atoms with Gasteiger partial charge in [0.05, 0.1) is 12.8 Å². The molecule has 0 atom stereocenters. The van der Waals surface area contributed by atoms with Gasteiger partial charge in [-0.15, -0.1) is 0 Å². The Morgan fingerprint density at radius 2 is 2.11 bits per heavy atom. The van der Waals surface area contributed by atoms with Crippen molar-refractivity contribution in [3.8, 4) is 5.88 Å². The highest BCUT2D eigenvalue weighted by Gasteiger charge is 2.15. The lowest BCUT2D eigenvalue weighted by molar-refractivity contribution is 0.0528. The Morgan fingerprint density at radius 3 is 2.68 bits per heavy atom. The first kappa shape index (κ1) is 15.8. The number of halogens is 1. The zero-order chi connectivity index (χ0) is 14.5. The van der Waals surface area contributed by atoms with Gasteiger partial charge < -0.3 is 14.8 Å². The van der Waals surface area contributed by atoms with Crippen LogP contribution in [0.3, 0.4) is 0 Å². The molecule has 1 N–H and O–H groups in total. The van der Waals surface area contributed by atoms with E-state index in [0.29, 0.717) is 18.8 Å².